The molecule has 1 aliphatic rings. The summed E-state index contributed by atoms with van der Waals surface area (Å²) < 4.78 is 12.5. The molecule has 170 valence electrons. The number of amides is 1. The number of ether oxygens (including phenoxy) is 2. The van der Waals surface area contributed by atoms with Crippen LogP contribution in [0.3, 0.4) is 0 Å². The van der Waals surface area contributed by atoms with Crippen LogP contribution in [0.15, 0.2) is 73.1 Å². The number of para-hydroxylation sites is 1. The van der Waals surface area contributed by atoms with Crippen LogP contribution in [0.5, 0.6) is 0 Å². The topological polar surface area (TPSA) is 77.8 Å². The highest BCUT2D eigenvalue weighted by molar-refractivity contribution is 5.96. The smallest absolute Gasteiger partial charge is 0.419 e. The van der Waals surface area contributed by atoms with Crippen molar-refractivity contribution in [1.29, 1.82) is 0 Å². The highest BCUT2D eigenvalue weighted by atomic mass is 16.6. The van der Waals surface area contributed by atoms with Crippen LogP contribution in [0.2, 0.25) is 0 Å². The van der Waals surface area contributed by atoms with Gasteiger partial charge in [-0.25, -0.2) is 9.59 Å². The second kappa shape index (κ2) is 8.94. The van der Waals surface area contributed by atoms with Gasteiger partial charge in [0.25, 0.3) is 0 Å². The first-order valence-corrected chi connectivity index (χ1v) is 10.8. The van der Waals surface area contributed by atoms with E-state index in [4.69, 9.17) is 9.47 Å². The molecule has 0 spiro atoms. The molecular formula is C26H26N2O5. The molecule has 33 heavy (non-hydrogen) atoms. The number of ketones is 1. The molecule has 2 heterocycles. The van der Waals surface area contributed by atoms with Crippen molar-refractivity contribution >= 4 is 28.9 Å². The Morgan fingerprint density at radius 3 is 2.42 bits per heavy atom. The summed E-state index contributed by atoms with van der Waals surface area (Å²) in [5, 5.41) is 0.761. The van der Waals surface area contributed by atoms with Crippen molar-refractivity contribution in [3.63, 3.8) is 0 Å². The van der Waals surface area contributed by atoms with Crippen molar-refractivity contribution in [1.82, 2.24) is 9.47 Å². The van der Waals surface area contributed by atoms with Gasteiger partial charge in [0.2, 0.25) is 0 Å². The molecule has 0 radical (unpaired) electrons. The van der Waals surface area contributed by atoms with Crippen LogP contribution in [0, 0.1) is 0 Å². The van der Waals surface area contributed by atoms with E-state index in [0.29, 0.717) is 11.1 Å². The number of aromatic nitrogens is 1. The van der Waals surface area contributed by atoms with Gasteiger partial charge in [0.15, 0.2) is 5.78 Å². The van der Waals surface area contributed by atoms with Crippen LogP contribution in [0.25, 0.3) is 10.9 Å². The number of benzene rings is 2. The zero-order valence-electron chi connectivity index (χ0n) is 18.9. The molecule has 1 aromatic heterocycles. The van der Waals surface area contributed by atoms with E-state index >= 15 is 0 Å². The van der Waals surface area contributed by atoms with Gasteiger partial charge in [0.05, 0.1) is 11.6 Å². The molecule has 1 atom stereocenters. The Balaban J connectivity index is 1.67. The molecule has 0 saturated heterocycles. The molecule has 0 aliphatic carbocycles. The Morgan fingerprint density at radius 1 is 1.00 bits per heavy atom. The number of hydrogen-bond acceptors (Lipinski definition) is 5. The third-order valence-electron chi connectivity index (χ3n) is 5.26. The Labute approximate surface area is 192 Å². The van der Waals surface area contributed by atoms with Gasteiger partial charge in [-0.15, -0.1) is 0 Å². The first kappa shape index (κ1) is 22.3. The van der Waals surface area contributed by atoms with Crippen molar-refractivity contribution in [3.8, 4) is 0 Å². The van der Waals surface area contributed by atoms with E-state index in [1.807, 2.05) is 48.5 Å². The summed E-state index contributed by atoms with van der Waals surface area (Å²) >= 11 is 0. The molecule has 3 aromatic rings. The van der Waals surface area contributed by atoms with E-state index in [1.54, 1.807) is 33.0 Å². The van der Waals surface area contributed by atoms with Crippen LogP contribution >= 0.6 is 0 Å². The predicted octanol–water partition coefficient (Wildman–Crippen LogP) is 5.59. The molecule has 4 rings (SSSR count). The molecule has 1 amide bonds. The molecule has 7 heteroatoms. The van der Waals surface area contributed by atoms with Crippen molar-refractivity contribution in [2.24, 2.45) is 0 Å². The Bertz CT molecular complexity index is 1220. The van der Waals surface area contributed by atoms with Gasteiger partial charge >= 0.3 is 12.2 Å². The van der Waals surface area contributed by atoms with Gasteiger partial charge in [0.1, 0.15) is 12.2 Å². The molecule has 7 nitrogen and oxygen atoms in total. The predicted molar refractivity (Wildman–Crippen MR) is 124 cm³/mol. The third-order valence-corrected chi connectivity index (χ3v) is 5.26. The molecule has 0 saturated carbocycles. The number of carbonyl (C=O) groups is 3. The van der Waals surface area contributed by atoms with E-state index in [0.717, 1.165) is 10.9 Å². The van der Waals surface area contributed by atoms with Crippen molar-refractivity contribution in [3.05, 3.63) is 84.2 Å². The lowest BCUT2D eigenvalue weighted by Crippen LogP contribution is -2.34. The number of rotatable bonds is 3. The lowest BCUT2D eigenvalue weighted by molar-refractivity contribution is -0.116. The summed E-state index contributed by atoms with van der Waals surface area (Å²) in [5.74, 6) is -0.110. The third kappa shape index (κ3) is 4.98. The zero-order chi connectivity index (χ0) is 23.6. The van der Waals surface area contributed by atoms with Gasteiger partial charge in [0, 0.05) is 29.8 Å². The second-order valence-electron chi connectivity index (χ2n) is 8.90. The first-order valence-electron chi connectivity index (χ1n) is 10.8. The van der Waals surface area contributed by atoms with E-state index in [9.17, 15) is 14.4 Å². The van der Waals surface area contributed by atoms with Crippen molar-refractivity contribution in [2.75, 3.05) is 0 Å². The van der Waals surface area contributed by atoms with Crippen LogP contribution in [0.4, 0.5) is 9.59 Å². The van der Waals surface area contributed by atoms with Gasteiger partial charge in [-0.1, -0.05) is 48.5 Å². The van der Waals surface area contributed by atoms with E-state index in [2.05, 4.69) is 0 Å². The molecule has 0 fully saturated rings. The summed E-state index contributed by atoms with van der Waals surface area (Å²) in [6.45, 7) is 5.51. The maximum absolute atomic E-state index is 13.0. The largest absolute Gasteiger partial charge is 0.444 e. The summed E-state index contributed by atoms with van der Waals surface area (Å²) in [7, 11) is 0. The average Bonchev–Trinajstić information content (AvgIpc) is 3.17. The lowest BCUT2D eigenvalue weighted by atomic mass is 9.97. The van der Waals surface area contributed by atoms with E-state index in [-0.39, 0.29) is 18.8 Å². The zero-order valence-corrected chi connectivity index (χ0v) is 18.9. The number of allylic oxidation sites excluding steroid dienone is 1. The Kier molecular flexibility index (Phi) is 6.05. The van der Waals surface area contributed by atoms with Crippen LogP contribution in [0.1, 0.15) is 44.4 Å². The van der Waals surface area contributed by atoms with Gasteiger partial charge in [-0.2, -0.15) is 0 Å². The molecule has 1 aliphatic heterocycles. The fourth-order valence-corrected chi connectivity index (χ4v) is 3.80. The minimum atomic E-state index is -0.667. The molecule has 0 N–H and O–H groups in total. The van der Waals surface area contributed by atoms with Crippen molar-refractivity contribution < 1.29 is 23.9 Å². The lowest BCUT2D eigenvalue weighted by Gasteiger charge is -2.30. The van der Waals surface area contributed by atoms with E-state index < -0.39 is 23.8 Å². The molecular weight excluding hydrogens is 420 g/mol. The maximum Gasteiger partial charge on any atom is 0.419 e. The number of fused-ring (bicyclic) bond motifs is 1. The maximum atomic E-state index is 13.0. The van der Waals surface area contributed by atoms with Gasteiger partial charge in [-0.05, 0) is 38.5 Å². The normalized spacial score (nSPS) is 16.2. The molecule has 2 aromatic carbocycles. The molecule has 1 unspecified atom stereocenters. The summed E-state index contributed by atoms with van der Waals surface area (Å²) in [4.78, 5) is 39.5. The standard InChI is InChI=1S/C26H26N2O5/c1-26(2,3)33-25(31)28-16-21(20-11-7-8-12-22(20)28)23-15-19(29)13-14-27(23)24(30)32-17-18-9-5-4-6-10-18/h4-14,16,23H,15,17H2,1-3H3. The molecule has 0 bridgehead atoms. The highest BCUT2D eigenvalue weighted by Gasteiger charge is 2.33. The number of hydrogen-bond donors (Lipinski definition) is 0. The Morgan fingerprint density at radius 2 is 1.70 bits per heavy atom. The monoisotopic (exact) mass is 446 g/mol. The highest BCUT2D eigenvalue weighted by Crippen LogP contribution is 2.35. The SMILES string of the molecule is CC(C)(C)OC(=O)n1cc(C2CC(=O)C=CN2C(=O)OCc2ccccc2)c2ccccc21. The van der Waals surface area contributed by atoms with Crippen molar-refractivity contribution in [2.45, 2.75) is 45.4 Å². The summed E-state index contributed by atoms with van der Waals surface area (Å²) in [5.41, 5.74) is 1.51. The van der Waals surface area contributed by atoms with Crippen LogP contribution in [-0.2, 0) is 20.9 Å². The fourth-order valence-electron chi connectivity index (χ4n) is 3.80. The van der Waals surface area contributed by atoms with Crippen LogP contribution < -0.4 is 0 Å². The summed E-state index contributed by atoms with van der Waals surface area (Å²) in [6.07, 6.45) is 3.45. The minimum Gasteiger partial charge on any atom is -0.444 e. The fraction of sp³-hybridized carbons (Fsp3) is 0.269. The summed E-state index contributed by atoms with van der Waals surface area (Å²) in [6, 6.07) is 16.1. The van der Waals surface area contributed by atoms with Gasteiger partial charge in [-0.3, -0.25) is 14.3 Å². The van der Waals surface area contributed by atoms with Crippen LogP contribution in [-0.4, -0.2) is 33.0 Å². The van der Waals surface area contributed by atoms with Gasteiger partial charge < -0.3 is 9.47 Å². The minimum absolute atomic E-state index is 0.0826. The quantitative estimate of drug-likeness (QED) is 0.524. The average molecular weight is 447 g/mol. The number of nitrogens with zero attached hydrogens (tertiary/aromatic N) is 2. The number of carbonyl (C=O) groups excluding carboxylic acids is 3. The second-order valence-corrected chi connectivity index (χ2v) is 8.90. The Hall–Kier alpha value is -3.87. The van der Waals surface area contributed by atoms with E-state index in [1.165, 1.54) is 21.7 Å². The first-order chi connectivity index (χ1) is 15.7.